The van der Waals surface area contributed by atoms with Gasteiger partial charge in [-0.05, 0) is 53.1 Å². The van der Waals surface area contributed by atoms with Crippen LogP contribution in [-0.2, 0) is 0 Å². The number of hydrogen-bond acceptors (Lipinski definition) is 2. The van der Waals surface area contributed by atoms with Gasteiger partial charge < -0.3 is 5.32 Å². The van der Waals surface area contributed by atoms with E-state index >= 15 is 0 Å². The highest BCUT2D eigenvalue weighted by Gasteiger charge is 2.08. The summed E-state index contributed by atoms with van der Waals surface area (Å²) in [7, 11) is 0. The van der Waals surface area contributed by atoms with E-state index in [0.717, 1.165) is 6.54 Å². The summed E-state index contributed by atoms with van der Waals surface area (Å²) >= 11 is 1.82. The van der Waals surface area contributed by atoms with E-state index in [1.807, 2.05) is 11.3 Å². The van der Waals surface area contributed by atoms with Crippen LogP contribution in [0.4, 0.5) is 0 Å². The predicted molar refractivity (Wildman–Crippen MR) is 89.4 cm³/mol. The third-order valence-electron chi connectivity index (χ3n) is 3.69. The molecule has 3 aromatic rings. The number of rotatable bonds is 4. The maximum absolute atomic E-state index is 3.48. The smallest absolute Gasteiger partial charge is 0.0421 e. The fraction of sp³-hybridized carbons (Fsp3) is 0.222. The van der Waals surface area contributed by atoms with Gasteiger partial charge in [-0.25, -0.2) is 0 Å². The summed E-state index contributed by atoms with van der Waals surface area (Å²) in [6, 6.07) is 18.0. The van der Waals surface area contributed by atoms with Crippen molar-refractivity contribution in [1.29, 1.82) is 0 Å². The highest BCUT2D eigenvalue weighted by molar-refractivity contribution is 7.17. The maximum atomic E-state index is 3.48. The quantitative estimate of drug-likeness (QED) is 0.689. The zero-order valence-corrected chi connectivity index (χ0v) is 12.7. The Morgan fingerprint density at radius 1 is 1.10 bits per heavy atom. The number of benzene rings is 2. The van der Waals surface area contributed by atoms with Crippen molar-refractivity contribution < 1.29 is 0 Å². The predicted octanol–water partition coefficient (Wildman–Crippen LogP) is 5.24. The first-order valence-electron chi connectivity index (χ1n) is 7.09. The lowest BCUT2D eigenvalue weighted by atomic mass is 9.99. The van der Waals surface area contributed by atoms with Crippen LogP contribution in [0.15, 0.2) is 53.9 Å². The van der Waals surface area contributed by atoms with Crippen molar-refractivity contribution in [2.75, 3.05) is 6.54 Å². The van der Waals surface area contributed by atoms with E-state index in [1.54, 1.807) is 0 Å². The van der Waals surface area contributed by atoms with Crippen molar-refractivity contribution in [3.05, 3.63) is 59.5 Å². The van der Waals surface area contributed by atoms with Crippen LogP contribution in [0.3, 0.4) is 0 Å². The van der Waals surface area contributed by atoms with E-state index in [0.29, 0.717) is 6.04 Å². The molecule has 102 valence electrons. The topological polar surface area (TPSA) is 12.0 Å². The van der Waals surface area contributed by atoms with Gasteiger partial charge in [-0.2, -0.15) is 0 Å². The Balaban J connectivity index is 2.06. The maximum Gasteiger partial charge on any atom is 0.0421 e. The number of hydrogen-bond donors (Lipinski definition) is 1. The third-order valence-corrected chi connectivity index (χ3v) is 4.65. The van der Waals surface area contributed by atoms with E-state index in [1.165, 1.54) is 26.8 Å². The normalized spacial score (nSPS) is 12.7. The summed E-state index contributed by atoms with van der Waals surface area (Å²) in [5.41, 5.74) is 3.99. The lowest BCUT2D eigenvalue weighted by Crippen LogP contribution is -2.17. The molecule has 1 unspecified atom stereocenters. The summed E-state index contributed by atoms with van der Waals surface area (Å²) in [4.78, 5) is 0. The number of thiophene rings is 1. The summed E-state index contributed by atoms with van der Waals surface area (Å²) in [5.74, 6) is 0. The second-order valence-corrected chi connectivity index (χ2v) is 5.97. The van der Waals surface area contributed by atoms with Crippen molar-refractivity contribution in [3.8, 4) is 11.1 Å². The molecule has 0 bridgehead atoms. The summed E-state index contributed by atoms with van der Waals surface area (Å²) in [5, 5.41) is 6.97. The van der Waals surface area contributed by atoms with Crippen LogP contribution in [0, 0.1) is 0 Å². The molecule has 1 heterocycles. The van der Waals surface area contributed by atoms with Crippen molar-refractivity contribution in [2.45, 2.75) is 19.9 Å². The molecule has 0 spiro atoms. The van der Waals surface area contributed by atoms with Crippen molar-refractivity contribution >= 4 is 21.4 Å². The fourth-order valence-electron chi connectivity index (χ4n) is 2.62. The molecule has 3 rings (SSSR count). The standard InChI is InChI=1S/C18H19NS/c1-3-19-13(2)15-7-4-8-16(12-15)17-9-5-6-14-10-11-20-18(14)17/h4-13,19H,3H2,1-2H3. The first-order valence-corrected chi connectivity index (χ1v) is 7.97. The molecule has 1 nitrogen and oxygen atoms in total. The molecular formula is C18H19NS. The molecule has 1 N–H and O–H groups in total. The Morgan fingerprint density at radius 3 is 2.80 bits per heavy atom. The minimum absolute atomic E-state index is 0.391. The van der Waals surface area contributed by atoms with Crippen molar-refractivity contribution in [2.24, 2.45) is 0 Å². The van der Waals surface area contributed by atoms with Crippen LogP contribution in [-0.4, -0.2) is 6.54 Å². The molecular weight excluding hydrogens is 262 g/mol. The van der Waals surface area contributed by atoms with Gasteiger partial charge in [-0.1, -0.05) is 43.3 Å². The molecule has 2 aromatic carbocycles. The Labute approximate surface area is 124 Å². The second kappa shape index (κ2) is 5.78. The Bertz CT molecular complexity index is 714. The van der Waals surface area contributed by atoms with E-state index in [-0.39, 0.29) is 0 Å². The van der Waals surface area contributed by atoms with Gasteiger partial charge in [-0.15, -0.1) is 11.3 Å². The Kier molecular flexibility index (Phi) is 3.86. The van der Waals surface area contributed by atoms with Crippen molar-refractivity contribution in [1.82, 2.24) is 5.32 Å². The summed E-state index contributed by atoms with van der Waals surface area (Å²) < 4.78 is 1.38. The Hall–Kier alpha value is -1.64. The van der Waals surface area contributed by atoms with E-state index in [9.17, 15) is 0 Å². The second-order valence-electron chi connectivity index (χ2n) is 5.05. The Morgan fingerprint density at radius 2 is 1.95 bits per heavy atom. The highest BCUT2D eigenvalue weighted by Crippen LogP contribution is 2.33. The largest absolute Gasteiger partial charge is 0.310 e. The van der Waals surface area contributed by atoms with Gasteiger partial charge in [0.05, 0.1) is 0 Å². The van der Waals surface area contributed by atoms with Crippen LogP contribution < -0.4 is 5.32 Å². The molecule has 0 saturated heterocycles. The zero-order chi connectivity index (χ0) is 13.9. The fourth-order valence-corrected chi connectivity index (χ4v) is 3.56. The monoisotopic (exact) mass is 281 g/mol. The van der Waals surface area contributed by atoms with E-state index < -0.39 is 0 Å². The first kappa shape index (κ1) is 13.3. The molecule has 0 aliphatic heterocycles. The molecule has 0 aliphatic carbocycles. The van der Waals surface area contributed by atoms with Crippen LogP contribution in [0.2, 0.25) is 0 Å². The summed E-state index contributed by atoms with van der Waals surface area (Å²) in [6.07, 6.45) is 0. The molecule has 20 heavy (non-hydrogen) atoms. The molecule has 0 aliphatic rings. The van der Waals surface area contributed by atoms with Crippen LogP contribution in [0.1, 0.15) is 25.5 Å². The molecule has 0 fully saturated rings. The van der Waals surface area contributed by atoms with Gasteiger partial charge in [0.25, 0.3) is 0 Å². The van der Waals surface area contributed by atoms with Gasteiger partial charge in [-0.3, -0.25) is 0 Å². The average Bonchev–Trinajstić information content (AvgIpc) is 2.96. The summed E-state index contributed by atoms with van der Waals surface area (Å²) in [6.45, 7) is 5.35. The molecule has 0 radical (unpaired) electrons. The highest BCUT2D eigenvalue weighted by atomic mass is 32.1. The van der Waals surface area contributed by atoms with Crippen LogP contribution >= 0.6 is 11.3 Å². The average molecular weight is 281 g/mol. The molecule has 1 atom stereocenters. The molecule has 1 aromatic heterocycles. The van der Waals surface area contributed by atoms with Gasteiger partial charge in [0.1, 0.15) is 0 Å². The molecule has 2 heteroatoms. The zero-order valence-electron chi connectivity index (χ0n) is 11.9. The van der Waals surface area contributed by atoms with Gasteiger partial charge in [0.2, 0.25) is 0 Å². The van der Waals surface area contributed by atoms with E-state index in [4.69, 9.17) is 0 Å². The first-order chi connectivity index (χ1) is 9.79. The SMILES string of the molecule is CCNC(C)c1cccc(-c2cccc3ccsc23)c1. The molecule has 0 saturated carbocycles. The number of fused-ring (bicyclic) bond motifs is 1. The van der Waals surface area contributed by atoms with Crippen LogP contribution in [0.5, 0.6) is 0 Å². The number of nitrogens with one attached hydrogen (secondary N) is 1. The van der Waals surface area contributed by atoms with Gasteiger partial charge in [0.15, 0.2) is 0 Å². The minimum Gasteiger partial charge on any atom is -0.310 e. The van der Waals surface area contributed by atoms with Crippen LogP contribution in [0.25, 0.3) is 21.2 Å². The van der Waals surface area contributed by atoms with Gasteiger partial charge in [0, 0.05) is 10.7 Å². The van der Waals surface area contributed by atoms with Gasteiger partial charge >= 0.3 is 0 Å². The third kappa shape index (κ3) is 2.49. The lowest BCUT2D eigenvalue weighted by molar-refractivity contribution is 0.598. The lowest BCUT2D eigenvalue weighted by Gasteiger charge is -2.14. The molecule has 0 amide bonds. The minimum atomic E-state index is 0.391. The van der Waals surface area contributed by atoms with E-state index in [2.05, 4.69) is 73.1 Å². The van der Waals surface area contributed by atoms with Crippen molar-refractivity contribution in [3.63, 3.8) is 0 Å².